The van der Waals surface area contributed by atoms with Crippen molar-refractivity contribution in [2.75, 3.05) is 11.6 Å². The Labute approximate surface area is 212 Å². The minimum Gasteiger partial charge on any atom is -0.239 e. The molecule has 5 rings (SSSR count). The maximum absolute atomic E-state index is 5.09. The summed E-state index contributed by atoms with van der Waals surface area (Å²) < 4.78 is 1.21. The van der Waals surface area contributed by atoms with Crippen molar-refractivity contribution < 1.29 is 0 Å². The maximum Gasteiger partial charge on any atom is 0.207 e. The first-order chi connectivity index (χ1) is 17.2. The number of hydrazone groups is 1. The number of fused-ring (bicyclic) bond motifs is 4. The predicted molar refractivity (Wildman–Crippen MR) is 154 cm³/mol. The van der Waals surface area contributed by atoms with Crippen LogP contribution in [0.3, 0.4) is 0 Å². The number of nitrogens with zero attached hydrogens (tertiary/aromatic N) is 3. The number of hydrogen-bond acceptors (Lipinski definition) is 4. The first-order valence-electron chi connectivity index (χ1n) is 12.8. The Kier molecular flexibility index (Phi) is 7.39. The third-order valence-corrected chi connectivity index (χ3v) is 7.66. The molecule has 4 aromatic carbocycles. The predicted octanol–water partition coefficient (Wildman–Crippen LogP) is 9.11. The highest BCUT2D eigenvalue weighted by molar-refractivity contribution is 7.22. The molecule has 178 valence electrons. The van der Waals surface area contributed by atoms with Crippen LogP contribution < -0.4 is 5.01 Å². The lowest BCUT2D eigenvalue weighted by Gasteiger charge is -2.16. The topological polar surface area (TPSA) is 28.5 Å². The molecule has 4 heteroatoms. The van der Waals surface area contributed by atoms with Crippen LogP contribution in [0.1, 0.15) is 56.6 Å². The monoisotopic (exact) mass is 479 g/mol. The van der Waals surface area contributed by atoms with E-state index in [0.29, 0.717) is 0 Å². The average Bonchev–Trinajstić information content (AvgIpc) is 3.32. The van der Waals surface area contributed by atoms with Crippen molar-refractivity contribution >= 4 is 54.4 Å². The molecule has 0 atom stereocenters. The third kappa shape index (κ3) is 5.38. The highest BCUT2D eigenvalue weighted by Gasteiger charge is 2.13. The van der Waals surface area contributed by atoms with Gasteiger partial charge in [0.1, 0.15) is 0 Å². The smallest absolute Gasteiger partial charge is 0.207 e. The van der Waals surface area contributed by atoms with E-state index in [1.165, 1.54) is 63.9 Å². The van der Waals surface area contributed by atoms with Gasteiger partial charge in [-0.3, -0.25) is 0 Å². The summed E-state index contributed by atoms with van der Waals surface area (Å²) in [6.07, 6.45) is 9.58. The van der Waals surface area contributed by atoms with Crippen LogP contribution >= 0.6 is 11.3 Å². The van der Waals surface area contributed by atoms with Gasteiger partial charge in [0.2, 0.25) is 5.13 Å². The Morgan fingerprint density at radius 1 is 0.829 bits per heavy atom. The van der Waals surface area contributed by atoms with Crippen molar-refractivity contribution in [1.82, 2.24) is 4.98 Å². The molecule has 0 radical (unpaired) electrons. The molecule has 1 heterocycles. The minimum atomic E-state index is 0.879. The normalized spacial score (nSPS) is 11.8. The SMILES string of the molecule is CCCCCCCCN(/N=C/c1cccc2cc(C)ccc12)c1nc2c(ccc3ccccc32)s1. The first kappa shape index (κ1) is 23.5. The van der Waals surface area contributed by atoms with Gasteiger partial charge in [-0.2, -0.15) is 5.10 Å². The van der Waals surface area contributed by atoms with Gasteiger partial charge in [-0.25, -0.2) is 9.99 Å². The van der Waals surface area contributed by atoms with E-state index in [2.05, 4.69) is 91.7 Å². The summed E-state index contributed by atoms with van der Waals surface area (Å²) in [5, 5.41) is 13.0. The lowest BCUT2D eigenvalue weighted by molar-refractivity contribution is 0.602. The van der Waals surface area contributed by atoms with Crippen molar-refractivity contribution in [3.63, 3.8) is 0 Å². The molecule has 0 aliphatic heterocycles. The van der Waals surface area contributed by atoms with Gasteiger partial charge < -0.3 is 0 Å². The summed E-state index contributed by atoms with van der Waals surface area (Å²) in [7, 11) is 0. The zero-order valence-electron chi connectivity index (χ0n) is 20.7. The molecule has 0 amide bonds. The van der Waals surface area contributed by atoms with Crippen molar-refractivity contribution in [3.05, 3.63) is 83.9 Å². The molecule has 0 N–H and O–H groups in total. The molecular formula is C31H33N3S. The van der Waals surface area contributed by atoms with E-state index >= 15 is 0 Å². The van der Waals surface area contributed by atoms with E-state index in [1.54, 1.807) is 11.3 Å². The van der Waals surface area contributed by atoms with E-state index in [0.717, 1.165) is 29.2 Å². The molecule has 35 heavy (non-hydrogen) atoms. The molecule has 3 nitrogen and oxygen atoms in total. The fourth-order valence-electron chi connectivity index (χ4n) is 4.68. The fraction of sp³-hybridized carbons (Fsp3) is 0.290. The van der Waals surface area contributed by atoms with E-state index in [4.69, 9.17) is 10.1 Å². The molecule has 0 saturated heterocycles. The number of benzene rings is 4. The lowest BCUT2D eigenvalue weighted by Crippen LogP contribution is -2.18. The molecule has 0 saturated carbocycles. The lowest BCUT2D eigenvalue weighted by atomic mass is 10.0. The van der Waals surface area contributed by atoms with Crippen LogP contribution in [0.25, 0.3) is 31.8 Å². The summed E-state index contributed by atoms with van der Waals surface area (Å²) in [4.78, 5) is 5.09. The summed E-state index contributed by atoms with van der Waals surface area (Å²) >= 11 is 1.73. The maximum atomic E-state index is 5.09. The molecule has 1 aromatic heterocycles. The van der Waals surface area contributed by atoms with Crippen LogP contribution in [-0.2, 0) is 0 Å². The Hall–Kier alpha value is -3.24. The quantitative estimate of drug-likeness (QED) is 0.113. The average molecular weight is 480 g/mol. The van der Waals surface area contributed by atoms with Crippen molar-refractivity contribution in [3.8, 4) is 0 Å². The Bertz CT molecular complexity index is 1470. The minimum absolute atomic E-state index is 0.879. The number of aromatic nitrogens is 1. The van der Waals surface area contributed by atoms with Crippen LogP contribution in [-0.4, -0.2) is 17.7 Å². The molecular weight excluding hydrogens is 446 g/mol. The van der Waals surface area contributed by atoms with Crippen molar-refractivity contribution in [1.29, 1.82) is 0 Å². The molecule has 0 spiro atoms. The fourth-order valence-corrected chi connectivity index (χ4v) is 5.64. The molecule has 0 aliphatic rings. The van der Waals surface area contributed by atoms with E-state index < -0.39 is 0 Å². The van der Waals surface area contributed by atoms with Gasteiger partial charge in [0.15, 0.2) is 0 Å². The second kappa shape index (κ2) is 11.0. The number of hydrogen-bond donors (Lipinski definition) is 0. The van der Waals surface area contributed by atoms with Crippen LogP contribution in [0, 0.1) is 6.92 Å². The Morgan fingerprint density at radius 2 is 1.66 bits per heavy atom. The van der Waals surface area contributed by atoms with Gasteiger partial charge in [-0.05, 0) is 35.6 Å². The van der Waals surface area contributed by atoms with E-state index in [9.17, 15) is 0 Å². The van der Waals surface area contributed by atoms with Gasteiger partial charge in [-0.15, -0.1) is 0 Å². The number of aryl methyl sites for hydroxylation is 1. The van der Waals surface area contributed by atoms with Gasteiger partial charge in [0.25, 0.3) is 0 Å². The van der Waals surface area contributed by atoms with Gasteiger partial charge in [0, 0.05) is 17.5 Å². The molecule has 0 unspecified atom stereocenters. The van der Waals surface area contributed by atoms with Crippen molar-refractivity contribution in [2.24, 2.45) is 5.10 Å². The summed E-state index contributed by atoms with van der Waals surface area (Å²) in [6.45, 7) is 5.28. The summed E-state index contributed by atoms with van der Waals surface area (Å²) in [6, 6.07) is 25.9. The molecule has 0 aliphatic carbocycles. The Morgan fingerprint density at radius 3 is 2.57 bits per heavy atom. The van der Waals surface area contributed by atoms with Gasteiger partial charge in [0.05, 0.1) is 16.4 Å². The second-order valence-electron chi connectivity index (χ2n) is 9.34. The van der Waals surface area contributed by atoms with Crippen molar-refractivity contribution in [2.45, 2.75) is 52.4 Å². The molecule has 0 fully saturated rings. The third-order valence-electron chi connectivity index (χ3n) is 6.62. The Balaban J connectivity index is 1.46. The standard InChI is InChI=1S/C31H33N3S/c1-3-4-5-6-7-10-20-34(32-22-26-14-11-13-25-21-23(2)16-18-27(25)26)31-33-30-28-15-9-8-12-24(28)17-19-29(30)35-31/h8-9,11-19,21-22H,3-7,10,20H2,1-2H3/b32-22+. The largest absolute Gasteiger partial charge is 0.239 e. The summed E-state index contributed by atoms with van der Waals surface area (Å²) in [5.41, 5.74) is 3.49. The number of rotatable bonds is 10. The number of unbranched alkanes of at least 4 members (excludes halogenated alkanes) is 5. The highest BCUT2D eigenvalue weighted by atomic mass is 32.1. The zero-order chi connectivity index (χ0) is 24.0. The molecule has 0 bridgehead atoms. The van der Waals surface area contributed by atoms with E-state index in [1.807, 2.05) is 6.21 Å². The van der Waals surface area contributed by atoms with Gasteiger partial charge in [-0.1, -0.05) is 123 Å². The van der Waals surface area contributed by atoms with Gasteiger partial charge >= 0.3 is 0 Å². The number of thiazole rings is 1. The van der Waals surface area contributed by atoms with Crippen LogP contribution in [0.15, 0.2) is 77.9 Å². The van der Waals surface area contributed by atoms with Crippen LogP contribution in [0.2, 0.25) is 0 Å². The first-order valence-corrected chi connectivity index (χ1v) is 13.6. The zero-order valence-corrected chi connectivity index (χ0v) is 21.5. The second-order valence-corrected chi connectivity index (χ2v) is 10.3. The van der Waals surface area contributed by atoms with Crippen LogP contribution in [0.5, 0.6) is 0 Å². The molecule has 5 aromatic rings. The number of anilines is 1. The highest BCUT2D eigenvalue weighted by Crippen LogP contribution is 2.34. The van der Waals surface area contributed by atoms with E-state index in [-0.39, 0.29) is 0 Å². The van der Waals surface area contributed by atoms with Crippen LogP contribution in [0.4, 0.5) is 5.13 Å². The summed E-state index contributed by atoms with van der Waals surface area (Å²) in [5.74, 6) is 0.